The summed E-state index contributed by atoms with van der Waals surface area (Å²) >= 11 is 3.63. The molecule has 88 valence electrons. The molecule has 1 aliphatic rings. The van der Waals surface area contributed by atoms with Crippen LogP contribution in [0, 0.1) is 0 Å². The first-order chi connectivity index (χ1) is 7.81. The smallest absolute Gasteiger partial charge is 0.0850 e. The lowest BCUT2D eigenvalue weighted by Crippen LogP contribution is -2.27. The zero-order chi connectivity index (χ0) is 11.4. The second-order valence-corrected chi connectivity index (χ2v) is 5.17. The van der Waals surface area contributed by atoms with Crippen LogP contribution in [0.15, 0.2) is 24.3 Å². The van der Waals surface area contributed by atoms with E-state index in [2.05, 4.69) is 52.4 Å². The standard InChI is InChI=1S/C13H18BrNO/c1-2-15-13(14)9-12-11-6-4-3-5-10(11)7-8-16-12/h3-6,12-13,15H,2,7-9H2,1H3. The van der Waals surface area contributed by atoms with Crippen molar-refractivity contribution in [3.63, 3.8) is 0 Å². The van der Waals surface area contributed by atoms with Crippen LogP contribution < -0.4 is 5.32 Å². The molecule has 0 bridgehead atoms. The largest absolute Gasteiger partial charge is 0.373 e. The fraction of sp³-hybridized carbons (Fsp3) is 0.538. The number of halogens is 1. The van der Waals surface area contributed by atoms with Crippen LogP contribution in [0.1, 0.15) is 30.6 Å². The van der Waals surface area contributed by atoms with E-state index in [4.69, 9.17) is 4.74 Å². The van der Waals surface area contributed by atoms with Gasteiger partial charge in [-0.05, 0) is 24.1 Å². The molecule has 1 aromatic rings. The van der Waals surface area contributed by atoms with Crippen molar-refractivity contribution in [1.29, 1.82) is 0 Å². The van der Waals surface area contributed by atoms with Gasteiger partial charge in [-0.2, -0.15) is 0 Å². The average molecular weight is 284 g/mol. The Kier molecular flexibility index (Phi) is 4.38. The molecular formula is C13H18BrNO. The van der Waals surface area contributed by atoms with Gasteiger partial charge in [-0.15, -0.1) is 0 Å². The van der Waals surface area contributed by atoms with E-state index in [1.54, 1.807) is 0 Å². The highest BCUT2D eigenvalue weighted by molar-refractivity contribution is 9.09. The number of alkyl halides is 1. The molecule has 0 fully saturated rings. The molecule has 0 radical (unpaired) electrons. The van der Waals surface area contributed by atoms with Gasteiger partial charge in [-0.3, -0.25) is 0 Å². The molecule has 1 N–H and O–H groups in total. The summed E-state index contributed by atoms with van der Waals surface area (Å²) < 4.78 is 5.85. The Morgan fingerprint density at radius 3 is 3.12 bits per heavy atom. The Morgan fingerprint density at radius 1 is 1.50 bits per heavy atom. The maximum absolute atomic E-state index is 5.85. The van der Waals surface area contributed by atoms with Gasteiger partial charge in [-0.25, -0.2) is 0 Å². The zero-order valence-corrected chi connectivity index (χ0v) is 11.2. The summed E-state index contributed by atoms with van der Waals surface area (Å²) in [6, 6.07) is 8.60. The van der Waals surface area contributed by atoms with Gasteiger partial charge in [0.15, 0.2) is 0 Å². The van der Waals surface area contributed by atoms with E-state index in [9.17, 15) is 0 Å². The summed E-state index contributed by atoms with van der Waals surface area (Å²) in [5.74, 6) is 0. The van der Waals surface area contributed by atoms with Crippen molar-refractivity contribution >= 4 is 15.9 Å². The third-order valence-corrected chi connectivity index (χ3v) is 3.64. The lowest BCUT2D eigenvalue weighted by atomic mass is 9.96. The molecule has 2 nitrogen and oxygen atoms in total. The molecule has 2 unspecified atom stereocenters. The first-order valence-electron chi connectivity index (χ1n) is 5.88. The van der Waals surface area contributed by atoms with Crippen molar-refractivity contribution < 1.29 is 4.74 Å². The maximum atomic E-state index is 5.85. The van der Waals surface area contributed by atoms with Crippen molar-refractivity contribution in [1.82, 2.24) is 5.32 Å². The first kappa shape index (κ1) is 12.1. The highest BCUT2D eigenvalue weighted by Gasteiger charge is 2.22. The molecule has 1 aromatic carbocycles. The molecule has 0 saturated heterocycles. The van der Waals surface area contributed by atoms with Gasteiger partial charge in [0.2, 0.25) is 0 Å². The molecule has 1 heterocycles. The molecule has 0 aliphatic carbocycles. The van der Waals surface area contributed by atoms with Crippen molar-refractivity contribution in [2.24, 2.45) is 0 Å². The molecule has 1 aliphatic heterocycles. The SMILES string of the molecule is CCNC(Br)CC1OCCc2ccccc21. The molecule has 0 aromatic heterocycles. The minimum atomic E-state index is 0.230. The van der Waals surface area contributed by atoms with Crippen molar-refractivity contribution in [3.8, 4) is 0 Å². The molecule has 2 atom stereocenters. The Hall–Kier alpha value is -0.380. The first-order valence-corrected chi connectivity index (χ1v) is 6.79. The maximum Gasteiger partial charge on any atom is 0.0850 e. The summed E-state index contributed by atoms with van der Waals surface area (Å²) in [7, 11) is 0. The third kappa shape index (κ3) is 2.84. The number of fused-ring (bicyclic) bond motifs is 1. The number of hydrogen-bond acceptors (Lipinski definition) is 2. The third-order valence-electron chi connectivity index (χ3n) is 2.94. The van der Waals surface area contributed by atoms with Crippen molar-refractivity contribution in [3.05, 3.63) is 35.4 Å². The average Bonchev–Trinajstić information content (AvgIpc) is 2.30. The number of nitrogens with one attached hydrogen (secondary N) is 1. The van der Waals surface area contributed by atoms with E-state index in [1.807, 2.05) is 0 Å². The van der Waals surface area contributed by atoms with Crippen LogP contribution in [0.2, 0.25) is 0 Å². The quantitative estimate of drug-likeness (QED) is 0.678. The van der Waals surface area contributed by atoms with Gasteiger partial charge in [0.1, 0.15) is 0 Å². The van der Waals surface area contributed by atoms with Crippen LogP contribution in [-0.4, -0.2) is 18.1 Å². The van der Waals surface area contributed by atoms with E-state index < -0.39 is 0 Å². The highest BCUT2D eigenvalue weighted by atomic mass is 79.9. The number of benzene rings is 1. The van der Waals surface area contributed by atoms with Crippen LogP contribution in [0.25, 0.3) is 0 Å². The number of ether oxygens (including phenoxy) is 1. The topological polar surface area (TPSA) is 21.3 Å². The minimum absolute atomic E-state index is 0.230. The number of rotatable bonds is 4. The second-order valence-electron chi connectivity index (χ2n) is 4.07. The Balaban J connectivity index is 2.07. The predicted molar refractivity (Wildman–Crippen MR) is 69.8 cm³/mol. The summed E-state index contributed by atoms with van der Waals surface area (Å²) in [6.07, 6.45) is 2.25. The van der Waals surface area contributed by atoms with Crippen molar-refractivity contribution in [2.75, 3.05) is 13.2 Å². The van der Waals surface area contributed by atoms with E-state index in [0.717, 1.165) is 26.0 Å². The minimum Gasteiger partial charge on any atom is -0.373 e. The number of hydrogen-bond donors (Lipinski definition) is 1. The molecule has 0 saturated carbocycles. The molecule has 2 rings (SSSR count). The lowest BCUT2D eigenvalue weighted by molar-refractivity contribution is 0.0353. The van der Waals surface area contributed by atoms with Crippen molar-refractivity contribution in [2.45, 2.75) is 30.8 Å². The Morgan fingerprint density at radius 2 is 2.31 bits per heavy atom. The van der Waals surface area contributed by atoms with Crippen LogP contribution in [-0.2, 0) is 11.2 Å². The van der Waals surface area contributed by atoms with Gasteiger partial charge in [0, 0.05) is 6.42 Å². The van der Waals surface area contributed by atoms with Crippen LogP contribution in [0.5, 0.6) is 0 Å². The summed E-state index contributed by atoms with van der Waals surface area (Å²) in [4.78, 5) is 0.327. The molecular weight excluding hydrogens is 266 g/mol. The monoisotopic (exact) mass is 283 g/mol. The van der Waals surface area contributed by atoms with Crippen LogP contribution >= 0.6 is 15.9 Å². The van der Waals surface area contributed by atoms with E-state index >= 15 is 0 Å². The fourth-order valence-corrected chi connectivity index (χ4v) is 2.83. The molecule has 3 heteroatoms. The van der Waals surface area contributed by atoms with Gasteiger partial charge in [0.05, 0.1) is 17.7 Å². The zero-order valence-electron chi connectivity index (χ0n) is 9.58. The lowest BCUT2D eigenvalue weighted by Gasteiger charge is -2.27. The Labute approximate surface area is 106 Å². The van der Waals surface area contributed by atoms with Gasteiger partial charge >= 0.3 is 0 Å². The molecule has 0 spiro atoms. The van der Waals surface area contributed by atoms with E-state index in [1.165, 1.54) is 11.1 Å². The summed E-state index contributed by atoms with van der Waals surface area (Å²) in [5.41, 5.74) is 2.80. The summed E-state index contributed by atoms with van der Waals surface area (Å²) in [5, 5.41) is 3.36. The molecule has 0 amide bonds. The predicted octanol–water partition coefficient (Wildman–Crippen LogP) is 3.02. The van der Waals surface area contributed by atoms with E-state index in [-0.39, 0.29) is 6.10 Å². The second kappa shape index (κ2) is 5.80. The van der Waals surface area contributed by atoms with Crippen LogP contribution in [0.4, 0.5) is 0 Å². The van der Waals surface area contributed by atoms with Gasteiger partial charge in [0.25, 0.3) is 0 Å². The van der Waals surface area contributed by atoms with E-state index in [0.29, 0.717) is 4.95 Å². The Bertz CT molecular complexity index is 342. The highest BCUT2D eigenvalue weighted by Crippen LogP contribution is 2.31. The fourth-order valence-electron chi connectivity index (χ4n) is 2.16. The molecule has 16 heavy (non-hydrogen) atoms. The van der Waals surface area contributed by atoms with Gasteiger partial charge in [-0.1, -0.05) is 47.1 Å². The summed E-state index contributed by atoms with van der Waals surface area (Å²) in [6.45, 7) is 3.93. The normalized spacial score (nSPS) is 21.5. The van der Waals surface area contributed by atoms with Gasteiger partial charge < -0.3 is 10.1 Å². The van der Waals surface area contributed by atoms with Crippen LogP contribution in [0.3, 0.4) is 0 Å².